The second-order valence-electron chi connectivity index (χ2n) is 7.60. The Morgan fingerprint density at radius 3 is 2.64 bits per heavy atom. The number of carbonyl (C=O) groups excluding carboxylic acids is 2. The maximum Gasteiger partial charge on any atom is 0.282 e. The normalized spacial score (nSPS) is 23.9. The molecule has 1 aromatic carbocycles. The molecule has 2 atom stereocenters. The lowest BCUT2D eigenvalue weighted by Crippen LogP contribution is -2.52. The van der Waals surface area contributed by atoms with Crippen LogP contribution >= 0.6 is 0 Å². The first-order chi connectivity index (χ1) is 13.2. The van der Waals surface area contributed by atoms with E-state index >= 15 is 0 Å². The molecule has 28 heavy (non-hydrogen) atoms. The molecule has 2 aliphatic heterocycles. The number of benzene rings is 1. The molecule has 1 fully saturated rings. The number of hydrogen-bond donors (Lipinski definition) is 1. The Labute approximate surface area is 166 Å². The van der Waals surface area contributed by atoms with Crippen molar-refractivity contribution in [1.29, 1.82) is 0 Å². The molecule has 154 valence electrons. The zero-order chi connectivity index (χ0) is 20.5. The largest absolute Gasteiger partial charge is 0.324 e. The van der Waals surface area contributed by atoms with Crippen molar-refractivity contribution in [3.63, 3.8) is 0 Å². The Bertz CT molecular complexity index is 857. The molecule has 0 aromatic heterocycles. The van der Waals surface area contributed by atoms with Crippen LogP contribution in [0.4, 0.5) is 11.4 Å². The third-order valence-corrected chi connectivity index (χ3v) is 7.47. The molecule has 0 radical (unpaired) electrons. The van der Waals surface area contributed by atoms with Gasteiger partial charge in [-0.05, 0) is 38.8 Å². The van der Waals surface area contributed by atoms with Crippen LogP contribution in [0.5, 0.6) is 0 Å². The molecule has 2 heterocycles. The summed E-state index contributed by atoms with van der Waals surface area (Å²) >= 11 is 0. The minimum atomic E-state index is -3.72. The van der Waals surface area contributed by atoms with Crippen LogP contribution in [-0.2, 0) is 19.8 Å². The van der Waals surface area contributed by atoms with Crippen molar-refractivity contribution in [2.45, 2.75) is 51.6 Å². The number of rotatable bonds is 4. The minimum absolute atomic E-state index is 0.0732. The van der Waals surface area contributed by atoms with Crippen molar-refractivity contribution >= 4 is 33.4 Å². The van der Waals surface area contributed by atoms with Gasteiger partial charge >= 0.3 is 0 Å². The summed E-state index contributed by atoms with van der Waals surface area (Å²) in [7, 11) is -2.29. The van der Waals surface area contributed by atoms with E-state index in [1.54, 1.807) is 31.2 Å². The van der Waals surface area contributed by atoms with Gasteiger partial charge in [0, 0.05) is 32.1 Å². The molecule has 9 heteroatoms. The summed E-state index contributed by atoms with van der Waals surface area (Å²) in [6.07, 6.45) is 2.82. The number of hydrogen-bond acceptors (Lipinski definition) is 4. The van der Waals surface area contributed by atoms with Crippen LogP contribution in [0.25, 0.3) is 0 Å². The van der Waals surface area contributed by atoms with Crippen LogP contribution in [0.15, 0.2) is 24.3 Å². The topological polar surface area (TPSA) is 90.0 Å². The van der Waals surface area contributed by atoms with Gasteiger partial charge in [0.25, 0.3) is 10.2 Å². The van der Waals surface area contributed by atoms with Crippen LogP contribution in [0.3, 0.4) is 0 Å². The van der Waals surface area contributed by atoms with E-state index < -0.39 is 10.2 Å². The highest BCUT2D eigenvalue weighted by atomic mass is 32.2. The van der Waals surface area contributed by atoms with Gasteiger partial charge in [0.1, 0.15) is 0 Å². The number of amides is 2. The fraction of sp³-hybridized carbons (Fsp3) is 0.579. The molecule has 1 saturated heterocycles. The highest BCUT2D eigenvalue weighted by molar-refractivity contribution is 7.86. The van der Waals surface area contributed by atoms with E-state index in [1.807, 2.05) is 6.92 Å². The fourth-order valence-corrected chi connectivity index (χ4v) is 5.46. The van der Waals surface area contributed by atoms with E-state index in [2.05, 4.69) is 5.32 Å². The molecule has 2 unspecified atom stereocenters. The third kappa shape index (κ3) is 4.06. The van der Waals surface area contributed by atoms with Crippen LogP contribution in [0, 0.1) is 0 Å². The number of nitrogens with zero attached hydrogens (tertiary/aromatic N) is 3. The predicted octanol–water partition coefficient (Wildman–Crippen LogP) is 1.80. The predicted molar refractivity (Wildman–Crippen MR) is 108 cm³/mol. The average molecular weight is 409 g/mol. The van der Waals surface area contributed by atoms with E-state index in [1.165, 1.54) is 16.3 Å². The number of carbonyl (C=O) groups is 2. The minimum Gasteiger partial charge on any atom is -0.324 e. The highest BCUT2D eigenvalue weighted by Gasteiger charge is 2.36. The fourth-order valence-electron chi connectivity index (χ4n) is 3.91. The molecule has 0 bridgehead atoms. The second kappa shape index (κ2) is 8.18. The van der Waals surface area contributed by atoms with Gasteiger partial charge in [-0.2, -0.15) is 17.0 Å². The van der Waals surface area contributed by atoms with E-state index in [0.717, 1.165) is 23.6 Å². The first-order valence-electron chi connectivity index (χ1n) is 9.66. The zero-order valence-corrected chi connectivity index (χ0v) is 17.4. The van der Waals surface area contributed by atoms with Crippen molar-refractivity contribution in [2.24, 2.45) is 0 Å². The smallest absolute Gasteiger partial charge is 0.282 e. The molecule has 0 aliphatic carbocycles. The molecule has 1 N–H and O–H groups in total. The summed E-state index contributed by atoms with van der Waals surface area (Å²) in [5, 5.41) is 2.81. The van der Waals surface area contributed by atoms with E-state index in [4.69, 9.17) is 0 Å². The van der Waals surface area contributed by atoms with Crippen LogP contribution in [0.1, 0.15) is 39.5 Å². The van der Waals surface area contributed by atoms with Crippen molar-refractivity contribution in [3.8, 4) is 0 Å². The molecule has 2 amide bonds. The van der Waals surface area contributed by atoms with Crippen molar-refractivity contribution in [3.05, 3.63) is 24.3 Å². The van der Waals surface area contributed by atoms with E-state index in [-0.39, 0.29) is 36.9 Å². The Morgan fingerprint density at radius 1 is 1.21 bits per heavy atom. The van der Waals surface area contributed by atoms with Crippen LogP contribution in [-0.4, -0.2) is 61.1 Å². The van der Waals surface area contributed by atoms with Gasteiger partial charge in [-0.1, -0.05) is 18.6 Å². The van der Waals surface area contributed by atoms with Crippen molar-refractivity contribution in [1.82, 2.24) is 8.61 Å². The maximum atomic E-state index is 13.1. The molecular weight excluding hydrogens is 380 g/mol. The van der Waals surface area contributed by atoms with Gasteiger partial charge in [0.05, 0.1) is 17.9 Å². The third-order valence-electron chi connectivity index (χ3n) is 5.42. The Kier molecular flexibility index (Phi) is 6.07. The lowest BCUT2D eigenvalue weighted by Gasteiger charge is -2.36. The highest BCUT2D eigenvalue weighted by Crippen LogP contribution is 2.31. The molecule has 2 aliphatic rings. The summed E-state index contributed by atoms with van der Waals surface area (Å²) in [5.41, 5.74) is 1.14. The lowest BCUT2D eigenvalue weighted by atomic mass is 10.1. The van der Waals surface area contributed by atoms with Gasteiger partial charge < -0.3 is 10.2 Å². The second-order valence-corrected chi connectivity index (χ2v) is 9.59. The van der Waals surface area contributed by atoms with Crippen molar-refractivity contribution < 1.29 is 18.0 Å². The summed E-state index contributed by atoms with van der Waals surface area (Å²) in [6, 6.07) is 6.63. The standard InChI is InChI=1S/C19H28N4O4S/c1-14-8-6-7-11-22(14)28(26,27)21(3)13-19(25)23-15(2)12-18(24)20-16-9-4-5-10-17(16)23/h4-5,9-10,14-15H,6-8,11-13H2,1-3H3,(H,20,24). The summed E-state index contributed by atoms with van der Waals surface area (Å²) in [5.74, 6) is -0.523. The number of fused-ring (bicyclic) bond motifs is 1. The van der Waals surface area contributed by atoms with Crippen LogP contribution < -0.4 is 10.2 Å². The van der Waals surface area contributed by atoms with Gasteiger partial charge in [0.2, 0.25) is 11.8 Å². The molecule has 3 rings (SSSR count). The van der Waals surface area contributed by atoms with Gasteiger partial charge in [0.15, 0.2) is 0 Å². The number of likely N-dealkylation sites (N-methyl/N-ethyl adjacent to an activating group) is 1. The summed E-state index contributed by atoms with van der Waals surface area (Å²) in [6.45, 7) is 3.89. The van der Waals surface area contributed by atoms with Crippen molar-refractivity contribution in [2.75, 3.05) is 30.4 Å². The first-order valence-corrected chi connectivity index (χ1v) is 11.1. The average Bonchev–Trinajstić information content (AvgIpc) is 2.75. The molecule has 1 aromatic rings. The summed E-state index contributed by atoms with van der Waals surface area (Å²) in [4.78, 5) is 26.7. The molecule has 0 spiro atoms. The Morgan fingerprint density at radius 2 is 1.93 bits per heavy atom. The van der Waals surface area contributed by atoms with E-state index in [9.17, 15) is 18.0 Å². The van der Waals surface area contributed by atoms with Gasteiger partial charge in [-0.15, -0.1) is 0 Å². The monoisotopic (exact) mass is 408 g/mol. The van der Waals surface area contributed by atoms with Gasteiger partial charge in [-0.25, -0.2) is 0 Å². The zero-order valence-electron chi connectivity index (χ0n) is 16.6. The number of piperidine rings is 1. The number of anilines is 2. The van der Waals surface area contributed by atoms with Crippen LogP contribution in [0.2, 0.25) is 0 Å². The summed E-state index contributed by atoms with van der Waals surface area (Å²) < 4.78 is 28.6. The number of para-hydroxylation sites is 2. The maximum absolute atomic E-state index is 13.1. The number of nitrogens with one attached hydrogen (secondary N) is 1. The molecule has 0 saturated carbocycles. The quantitative estimate of drug-likeness (QED) is 0.823. The lowest BCUT2D eigenvalue weighted by molar-refractivity contribution is -0.119. The Balaban J connectivity index is 1.82. The van der Waals surface area contributed by atoms with Gasteiger partial charge in [-0.3, -0.25) is 9.59 Å². The SMILES string of the molecule is CC1CC(=O)Nc2ccccc2N1C(=O)CN(C)S(=O)(=O)N1CCCCC1C. The molecule has 8 nitrogen and oxygen atoms in total. The molecular formula is C19H28N4O4S. The first kappa shape index (κ1) is 20.8. The van der Waals surface area contributed by atoms with E-state index in [0.29, 0.717) is 17.9 Å². The Hall–Kier alpha value is -1.97.